The third-order valence-corrected chi connectivity index (χ3v) is 4.89. The minimum Gasteiger partial charge on any atom is -0.379 e. The number of morpholine rings is 1. The number of anilines is 1. The van der Waals surface area contributed by atoms with E-state index in [1.54, 1.807) is 0 Å². The van der Waals surface area contributed by atoms with Crippen LogP contribution in [-0.4, -0.2) is 47.6 Å². The highest BCUT2D eigenvalue weighted by Crippen LogP contribution is 2.27. The van der Waals surface area contributed by atoms with E-state index in [9.17, 15) is 4.79 Å². The molecule has 1 aromatic heterocycles. The zero-order chi connectivity index (χ0) is 20.2. The number of carbonyl (C=O) groups is 1. The summed E-state index contributed by atoms with van der Waals surface area (Å²) in [5.41, 5.74) is 0.986. The fraction of sp³-hybridized carbons (Fsp3) is 0.800. The van der Waals surface area contributed by atoms with Crippen molar-refractivity contribution in [1.82, 2.24) is 9.88 Å². The van der Waals surface area contributed by atoms with E-state index in [0.29, 0.717) is 10.7 Å². The van der Waals surface area contributed by atoms with Crippen LogP contribution in [0.25, 0.3) is 0 Å². The Morgan fingerprint density at radius 1 is 1.08 bits per heavy atom. The zero-order valence-corrected chi connectivity index (χ0v) is 18.8. The molecule has 1 saturated heterocycles. The molecule has 0 aromatic carbocycles. The Hall–Kier alpha value is -0.980. The molecule has 1 aliphatic heterocycles. The molecule has 0 spiro atoms. The SMILES string of the molecule is CC(C)(C)C(=O)Nc1nc(C(C)(C)C)cs1.CC(C)(C)N1CCOCC1. The number of thiazole rings is 1. The first-order valence-corrected chi connectivity index (χ1v) is 10.2. The maximum atomic E-state index is 11.7. The minimum absolute atomic E-state index is 0.00214. The van der Waals surface area contributed by atoms with E-state index in [1.807, 2.05) is 26.2 Å². The predicted molar refractivity (Wildman–Crippen MR) is 111 cm³/mol. The van der Waals surface area contributed by atoms with E-state index in [2.05, 4.69) is 56.7 Å². The second-order valence-electron chi connectivity index (χ2n) is 9.76. The lowest BCUT2D eigenvalue weighted by Gasteiger charge is -2.38. The highest BCUT2D eigenvalue weighted by molar-refractivity contribution is 7.13. The molecule has 2 heterocycles. The third-order valence-electron chi connectivity index (χ3n) is 4.13. The number of hydrogen-bond acceptors (Lipinski definition) is 5. The van der Waals surface area contributed by atoms with Gasteiger partial charge in [0.2, 0.25) is 5.91 Å². The molecule has 1 amide bonds. The number of nitrogens with one attached hydrogen (secondary N) is 1. The smallest absolute Gasteiger partial charge is 0.231 e. The summed E-state index contributed by atoms with van der Waals surface area (Å²) in [6.07, 6.45) is 0. The van der Waals surface area contributed by atoms with Crippen molar-refractivity contribution in [2.75, 3.05) is 31.6 Å². The van der Waals surface area contributed by atoms with Crippen LogP contribution in [0, 0.1) is 5.41 Å². The molecule has 150 valence electrons. The third kappa shape index (κ3) is 7.72. The summed E-state index contributed by atoms with van der Waals surface area (Å²) >= 11 is 1.48. The first kappa shape index (κ1) is 23.1. The average Bonchev–Trinajstić information content (AvgIpc) is 2.96. The lowest BCUT2D eigenvalue weighted by Crippen LogP contribution is -2.47. The maximum absolute atomic E-state index is 11.7. The van der Waals surface area contributed by atoms with E-state index < -0.39 is 0 Å². The van der Waals surface area contributed by atoms with Gasteiger partial charge in [-0.25, -0.2) is 4.98 Å². The summed E-state index contributed by atoms with van der Waals surface area (Å²) in [5.74, 6) is 0.00214. The largest absolute Gasteiger partial charge is 0.379 e. The van der Waals surface area contributed by atoms with Crippen LogP contribution in [0.15, 0.2) is 5.38 Å². The van der Waals surface area contributed by atoms with Gasteiger partial charge in [0.05, 0.1) is 18.9 Å². The van der Waals surface area contributed by atoms with Crippen molar-refractivity contribution >= 4 is 22.4 Å². The zero-order valence-electron chi connectivity index (χ0n) is 18.0. The number of ether oxygens (including phenoxy) is 1. The van der Waals surface area contributed by atoms with Crippen LogP contribution in [-0.2, 0) is 14.9 Å². The molecule has 0 aliphatic carbocycles. The number of nitrogens with zero attached hydrogens (tertiary/aromatic N) is 2. The van der Waals surface area contributed by atoms with Gasteiger partial charge in [-0.3, -0.25) is 9.69 Å². The molecule has 6 heteroatoms. The molecule has 1 N–H and O–H groups in total. The van der Waals surface area contributed by atoms with E-state index >= 15 is 0 Å². The van der Waals surface area contributed by atoms with Crippen molar-refractivity contribution in [3.8, 4) is 0 Å². The molecule has 0 saturated carbocycles. The number of hydrogen-bond donors (Lipinski definition) is 1. The van der Waals surface area contributed by atoms with Gasteiger partial charge in [0, 0.05) is 34.8 Å². The van der Waals surface area contributed by atoms with Gasteiger partial charge in [-0.1, -0.05) is 41.5 Å². The van der Waals surface area contributed by atoms with Gasteiger partial charge in [-0.15, -0.1) is 11.3 Å². The van der Waals surface area contributed by atoms with Crippen molar-refractivity contribution in [2.24, 2.45) is 5.41 Å². The monoisotopic (exact) mass is 383 g/mol. The fourth-order valence-electron chi connectivity index (χ4n) is 2.19. The first-order chi connectivity index (χ1) is 11.7. The van der Waals surface area contributed by atoms with Crippen molar-refractivity contribution in [3.63, 3.8) is 0 Å². The van der Waals surface area contributed by atoms with E-state index in [4.69, 9.17) is 4.74 Å². The summed E-state index contributed by atoms with van der Waals surface area (Å²) in [7, 11) is 0. The standard InChI is InChI=1S/C12H20N2OS.C8H17NO/c1-11(2,3)8-7-16-10(13-8)14-9(15)12(4,5)6;1-8(2,3)9-4-6-10-7-5-9/h7H,1-6H3,(H,13,14,15);4-7H2,1-3H3. The van der Waals surface area contributed by atoms with Crippen molar-refractivity contribution in [3.05, 3.63) is 11.1 Å². The number of rotatable bonds is 1. The van der Waals surface area contributed by atoms with Crippen LogP contribution in [0.1, 0.15) is 68.0 Å². The summed E-state index contributed by atoms with van der Waals surface area (Å²) in [5, 5.41) is 5.53. The second-order valence-corrected chi connectivity index (χ2v) is 10.6. The Kier molecular flexibility index (Phi) is 7.81. The van der Waals surface area contributed by atoms with E-state index in [0.717, 1.165) is 32.0 Å². The fourth-order valence-corrected chi connectivity index (χ4v) is 3.13. The molecule has 0 atom stereocenters. The topological polar surface area (TPSA) is 54.5 Å². The molecule has 0 unspecified atom stereocenters. The van der Waals surface area contributed by atoms with Gasteiger partial charge in [0.1, 0.15) is 0 Å². The van der Waals surface area contributed by atoms with Crippen LogP contribution in [0.3, 0.4) is 0 Å². The molecule has 1 aliphatic rings. The first-order valence-electron chi connectivity index (χ1n) is 9.31. The lowest BCUT2D eigenvalue weighted by molar-refractivity contribution is -0.123. The highest BCUT2D eigenvalue weighted by atomic mass is 32.1. The molecule has 0 bridgehead atoms. The number of carbonyl (C=O) groups excluding carboxylic acids is 1. The lowest BCUT2D eigenvalue weighted by atomic mass is 9.93. The van der Waals surface area contributed by atoms with Gasteiger partial charge >= 0.3 is 0 Å². The van der Waals surface area contributed by atoms with E-state index in [1.165, 1.54) is 11.3 Å². The van der Waals surface area contributed by atoms with Crippen molar-refractivity contribution in [2.45, 2.75) is 73.3 Å². The summed E-state index contributed by atoms with van der Waals surface area (Å²) in [6, 6.07) is 0. The molecule has 5 nitrogen and oxygen atoms in total. The minimum atomic E-state index is -0.381. The molecule has 0 radical (unpaired) electrons. The summed E-state index contributed by atoms with van der Waals surface area (Å²) < 4.78 is 5.25. The number of aromatic nitrogens is 1. The van der Waals surface area contributed by atoms with E-state index in [-0.39, 0.29) is 16.7 Å². The predicted octanol–water partition coefficient (Wildman–Crippen LogP) is 4.54. The Morgan fingerprint density at radius 2 is 1.62 bits per heavy atom. The van der Waals surface area contributed by atoms with Crippen molar-refractivity contribution < 1.29 is 9.53 Å². The molecule has 2 rings (SSSR count). The Labute approximate surface area is 163 Å². The maximum Gasteiger partial charge on any atom is 0.231 e. The van der Waals surface area contributed by atoms with Gasteiger partial charge < -0.3 is 10.1 Å². The molecule has 26 heavy (non-hydrogen) atoms. The van der Waals surface area contributed by atoms with Gasteiger partial charge in [-0.05, 0) is 20.8 Å². The van der Waals surface area contributed by atoms with Gasteiger partial charge in [0.15, 0.2) is 5.13 Å². The molecular weight excluding hydrogens is 346 g/mol. The normalized spacial score (nSPS) is 16.7. The highest BCUT2D eigenvalue weighted by Gasteiger charge is 2.24. The summed E-state index contributed by atoms with van der Waals surface area (Å²) in [6.45, 7) is 22.7. The molecular formula is C20H37N3O2S. The second kappa shape index (κ2) is 8.81. The average molecular weight is 384 g/mol. The quantitative estimate of drug-likeness (QED) is 0.773. The molecule has 1 fully saturated rings. The van der Waals surface area contributed by atoms with Crippen molar-refractivity contribution in [1.29, 1.82) is 0 Å². The van der Waals surface area contributed by atoms with Crippen LogP contribution in [0.4, 0.5) is 5.13 Å². The summed E-state index contributed by atoms with van der Waals surface area (Å²) in [4.78, 5) is 18.6. The number of amides is 1. The van der Waals surface area contributed by atoms with Crippen LogP contribution >= 0.6 is 11.3 Å². The molecule has 1 aromatic rings. The van der Waals surface area contributed by atoms with Gasteiger partial charge in [0.25, 0.3) is 0 Å². The van der Waals surface area contributed by atoms with Crippen LogP contribution < -0.4 is 5.32 Å². The van der Waals surface area contributed by atoms with Crippen LogP contribution in [0.2, 0.25) is 0 Å². The van der Waals surface area contributed by atoms with Crippen LogP contribution in [0.5, 0.6) is 0 Å². The Bertz CT molecular complexity index is 571. The Balaban J connectivity index is 0.000000289. The Morgan fingerprint density at radius 3 is 1.96 bits per heavy atom. The van der Waals surface area contributed by atoms with Gasteiger partial charge in [-0.2, -0.15) is 0 Å².